The lowest BCUT2D eigenvalue weighted by Gasteiger charge is -2.31. The molecule has 0 saturated carbocycles. The summed E-state index contributed by atoms with van der Waals surface area (Å²) in [4.78, 5) is 21.3. The number of benzene rings is 1. The molecule has 3 N–H and O–H groups in total. The molecule has 0 amide bonds. The highest BCUT2D eigenvalue weighted by Gasteiger charge is 2.29. The van der Waals surface area contributed by atoms with E-state index in [1.54, 1.807) is 24.3 Å². The molecule has 25 heavy (non-hydrogen) atoms. The van der Waals surface area contributed by atoms with Crippen LogP contribution in [0.4, 0.5) is 29.0 Å². The van der Waals surface area contributed by atoms with E-state index in [1.165, 1.54) is 0 Å². The van der Waals surface area contributed by atoms with Crippen LogP contribution in [0, 0.1) is 16.0 Å². The predicted octanol–water partition coefficient (Wildman–Crippen LogP) is 3.60. The number of aromatic nitrogens is 2. The maximum absolute atomic E-state index is 11.5. The molecular weight excluding hydrogens is 344 g/mol. The van der Waals surface area contributed by atoms with Crippen molar-refractivity contribution in [1.29, 1.82) is 0 Å². The van der Waals surface area contributed by atoms with Crippen LogP contribution in [-0.4, -0.2) is 28.0 Å². The predicted molar refractivity (Wildman–Crippen MR) is 98.4 cm³/mol. The van der Waals surface area contributed by atoms with Crippen molar-refractivity contribution < 1.29 is 4.92 Å². The zero-order valence-electron chi connectivity index (χ0n) is 13.8. The molecule has 1 saturated heterocycles. The Kier molecular flexibility index (Phi) is 4.89. The third-order valence-electron chi connectivity index (χ3n) is 4.11. The van der Waals surface area contributed by atoms with Crippen LogP contribution in [0.5, 0.6) is 0 Å². The Morgan fingerprint density at radius 3 is 2.92 bits per heavy atom. The molecule has 1 atom stereocenters. The highest BCUT2D eigenvalue weighted by Crippen LogP contribution is 2.35. The monoisotopic (exact) mass is 362 g/mol. The second-order valence-electron chi connectivity index (χ2n) is 6.19. The minimum absolute atomic E-state index is 0.155. The number of nitro groups is 1. The molecule has 9 heteroatoms. The molecule has 0 radical (unpaired) electrons. The van der Waals surface area contributed by atoms with Gasteiger partial charge in [-0.25, -0.2) is 0 Å². The van der Waals surface area contributed by atoms with Gasteiger partial charge in [0.2, 0.25) is 17.6 Å². The van der Waals surface area contributed by atoms with Gasteiger partial charge in [-0.15, -0.1) is 0 Å². The van der Waals surface area contributed by atoms with Gasteiger partial charge in [0, 0.05) is 23.8 Å². The van der Waals surface area contributed by atoms with Crippen molar-refractivity contribution in [2.75, 3.05) is 29.0 Å². The maximum Gasteiger partial charge on any atom is 0.353 e. The van der Waals surface area contributed by atoms with Gasteiger partial charge in [0.25, 0.3) is 0 Å². The van der Waals surface area contributed by atoms with Gasteiger partial charge in [-0.05, 0) is 37.0 Å². The number of nitrogens with one attached hydrogen (secondary N) is 1. The number of nitrogens with zero attached hydrogens (tertiary/aromatic N) is 4. The lowest BCUT2D eigenvalue weighted by molar-refractivity contribution is -0.383. The number of nitrogen functional groups attached to an aromatic ring is 1. The van der Waals surface area contributed by atoms with Gasteiger partial charge in [-0.2, -0.15) is 9.97 Å². The van der Waals surface area contributed by atoms with Crippen LogP contribution in [0.1, 0.15) is 19.8 Å². The molecule has 0 spiro atoms. The minimum Gasteiger partial charge on any atom is -0.378 e. The third kappa shape index (κ3) is 3.90. The molecule has 8 nitrogen and oxygen atoms in total. The molecule has 2 heterocycles. The Morgan fingerprint density at radius 2 is 2.24 bits per heavy atom. The zero-order valence-corrected chi connectivity index (χ0v) is 14.5. The molecule has 1 aromatic carbocycles. The SMILES string of the molecule is C[C@@H]1CCCN(c2nc(Nc3cccc(Cl)c3)nc(N)c2[N+](=O)[O-])C1. The Morgan fingerprint density at radius 1 is 1.44 bits per heavy atom. The van der Waals surface area contributed by atoms with E-state index in [2.05, 4.69) is 22.2 Å². The first-order valence-corrected chi connectivity index (χ1v) is 8.41. The summed E-state index contributed by atoms with van der Waals surface area (Å²) in [5.74, 6) is 0.749. The molecule has 132 valence electrons. The van der Waals surface area contributed by atoms with Gasteiger partial charge in [0.05, 0.1) is 4.92 Å². The van der Waals surface area contributed by atoms with E-state index < -0.39 is 4.92 Å². The van der Waals surface area contributed by atoms with Gasteiger partial charge in [0.15, 0.2) is 0 Å². The van der Waals surface area contributed by atoms with Gasteiger partial charge in [-0.3, -0.25) is 10.1 Å². The number of hydrogen-bond acceptors (Lipinski definition) is 7. The van der Waals surface area contributed by atoms with E-state index in [9.17, 15) is 10.1 Å². The van der Waals surface area contributed by atoms with Crippen LogP contribution in [0.3, 0.4) is 0 Å². The first kappa shape index (κ1) is 17.2. The second kappa shape index (κ2) is 7.10. The van der Waals surface area contributed by atoms with Crippen LogP contribution in [0.15, 0.2) is 24.3 Å². The summed E-state index contributed by atoms with van der Waals surface area (Å²) in [6.45, 7) is 3.53. The summed E-state index contributed by atoms with van der Waals surface area (Å²) in [7, 11) is 0. The molecule has 3 rings (SSSR count). The highest BCUT2D eigenvalue weighted by molar-refractivity contribution is 6.30. The van der Waals surface area contributed by atoms with Gasteiger partial charge in [0.1, 0.15) is 0 Å². The fraction of sp³-hybridized carbons (Fsp3) is 0.375. The third-order valence-corrected chi connectivity index (χ3v) is 4.35. The molecule has 1 aromatic heterocycles. The van der Waals surface area contributed by atoms with Crippen molar-refractivity contribution in [2.45, 2.75) is 19.8 Å². The lowest BCUT2D eigenvalue weighted by atomic mass is 10.0. The molecule has 1 aliphatic rings. The first-order valence-electron chi connectivity index (χ1n) is 8.03. The van der Waals surface area contributed by atoms with Crippen LogP contribution >= 0.6 is 11.6 Å². The molecule has 1 fully saturated rings. The Bertz CT molecular complexity index is 800. The summed E-state index contributed by atoms with van der Waals surface area (Å²) in [6, 6.07) is 7.05. The number of anilines is 4. The van der Waals surface area contributed by atoms with Crippen molar-refractivity contribution in [1.82, 2.24) is 9.97 Å². The summed E-state index contributed by atoms with van der Waals surface area (Å²) in [6.07, 6.45) is 2.05. The van der Waals surface area contributed by atoms with Crippen molar-refractivity contribution >= 4 is 40.6 Å². The average Bonchev–Trinajstić information content (AvgIpc) is 2.54. The van der Waals surface area contributed by atoms with E-state index in [1.807, 2.05) is 4.90 Å². The van der Waals surface area contributed by atoms with Crippen LogP contribution in [0.2, 0.25) is 5.02 Å². The van der Waals surface area contributed by atoms with E-state index >= 15 is 0 Å². The topological polar surface area (TPSA) is 110 Å². The molecule has 2 aromatic rings. The van der Waals surface area contributed by atoms with Gasteiger partial charge in [-0.1, -0.05) is 24.6 Å². The Hall–Kier alpha value is -2.61. The average molecular weight is 363 g/mol. The quantitative estimate of drug-likeness (QED) is 0.631. The molecule has 1 aliphatic heterocycles. The zero-order chi connectivity index (χ0) is 18.0. The number of nitrogens with two attached hydrogens (primary N) is 1. The summed E-state index contributed by atoms with van der Waals surface area (Å²) in [5.41, 5.74) is 6.30. The lowest BCUT2D eigenvalue weighted by Crippen LogP contribution is -2.35. The molecule has 0 unspecified atom stereocenters. The number of halogens is 1. The fourth-order valence-electron chi connectivity index (χ4n) is 2.99. The fourth-order valence-corrected chi connectivity index (χ4v) is 3.18. The van der Waals surface area contributed by atoms with E-state index in [0.29, 0.717) is 29.7 Å². The van der Waals surface area contributed by atoms with Gasteiger partial charge >= 0.3 is 5.69 Å². The first-order chi connectivity index (χ1) is 11.9. The molecule has 0 bridgehead atoms. The summed E-state index contributed by atoms with van der Waals surface area (Å²) in [5, 5.41) is 15.0. The standard InChI is InChI=1S/C16H19ClN6O2/c1-10-4-3-7-22(9-10)15-13(23(24)25)14(18)20-16(21-15)19-12-6-2-5-11(17)8-12/h2,5-6,8,10H,3-4,7,9H2,1H3,(H3,18,19,20,21)/t10-/m1/s1. The van der Waals surface area contributed by atoms with Crippen LogP contribution in [-0.2, 0) is 0 Å². The second-order valence-corrected chi connectivity index (χ2v) is 6.63. The van der Waals surface area contributed by atoms with E-state index in [0.717, 1.165) is 12.8 Å². The minimum atomic E-state index is -0.521. The molecular formula is C16H19ClN6O2. The largest absolute Gasteiger partial charge is 0.378 e. The summed E-state index contributed by atoms with van der Waals surface area (Å²) >= 11 is 5.98. The van der Waals surface area contributed by atoms with Crippen LogP contribution < -0.4 is 16.0 Å². The summed E-state index contributed by atoms with van der Waals surface area (Å²) < 4.78 is 0. The van der Waals surface area contributed by atoms with Crippen molar-refractivity contribution in [3.05, 3.63) is 39.4 Å². The smallest absolute Gasteiger partial charge is 0.353 e. The number of rotatable bonds is 4. The molecule has 0 aliphatic carbocycles. The Balaban J connectivity index is 1.99. The van der Waals surface area contributed by atoms with Crippen molar-refractivity contribution in [3.8, 4) is 0 Å². The Labute approximate surface area is 150 Å². The maximum atomic E-state index is 11.5. The highest BCUT2D eigenvalue weighted by atomic mass is 35.5. The van der Waals surface area contributed by atoms with E-state index in [-0.39, 0.29) is 23.3 Å². The van der Waals surface area contributed by atoms with Crippen molar-refractivity contribution in [3.63, 3.8) is 0 Å². The van der Waals surface area contributed by atoms with Gasteiger partial charge < -0.3 is 16.0 Å². The van der Waals surface area contributed by atoms with Crippen LogP contribution in [0.25, 0.3) is 0 Å². The number of hydrogen-bond donors (Lipinski definition) is 2. The number of piperidine rings is 1. The van der Waals surface area contributed by atoms with E-state index in [4.69, 9.17) is 17.3 Å². The normalized spacial score (nSPS) is 17.4. The van der Waals surface area contributed by atoms with Crippen molar-refractivity contribution in [2.24, 2.45) is 5.92 Å².